The van der Waals surface area contributed by atoms with E-state index in [4.69, 9.17) is 0 Å². The summed E-state index contributed by atoms with van der Waals surface area (Å²) in [5, 5.41) is 2.74. The molecule has 1 amide bonds. The second kappa shape index (κ2) is 7.53. The molecule has 0 atom stereocenters. The van der Waals surface area contributed by atoms with Gasteiger partial charge in [-0.05, 0) is 26.8 Å². The van der Waals surface area contributed by atoms with Gasteiger partial charge in [-0.3, -0.25) is 9.79 Å². The molecule has 0 aliphatic heterocycles. The van der Waals surface area contributed by atoms with E-state index in [9.17, 15) is 4.79 Å². The first-order chi connectivity index (χ1) is 6.24. The molecule has 3 nitrogen and oxygen atoms in total. The Labute approximate surface area is 79.9 Å². The summed E-state index contributed by atoms with van der Waals surface area (Å²) in [6.07, 6.45) is 4.15. The predicted molar refractivity (Wildman–Crippen MR) is 56.1 cm³/mol. The number of aliphatic imine (C=N–C) groups is 1. The second-order valence-electron chi connectivity index (χ2n) is 2.60. The Kier molecular flexibility index (Phi) is 6.88. The van der Waals surface area contributed by atoms with Crippen molar-refractivity contribution in [3.8, 4) is 0 Å². The number of allylic oxidation sites excluding steroid dienone is 2. The number of hydrogen-bond acceptors (Lipinski definition) is 2. The van der Waals surface area contributed by atoms with E-state index in [1.807, 2.05) is 32.9 Å². The van der Waals surface area contributed by atoms with Gasteiger partial charge in [0.1, 0.15) is 0 Å². The van der Waals surface area contributed by atoms with Gasteiger partial charge < -0.3 is 5.32 Å². The molecule has 3 heteroatoms. The number of nitrogens with one attached hydrogen (secondary N) is 1. The number of carbonyl (C=O) groups excluding carboxylic acids is 1. The smallest absolute Gasteiger partial charge is 0.225 e. The molecule has 1 N–H and O–H groups in total. The zero-order valence-corrected chi connectivity index (χ0v) is 8.63. The first-order valence-electron chi connectivity index (χ1n) is 4.67. The van der Waals surface area contributed by atoms with E-state index in [0.717, 1.165) is 12.3 Å². The van der Waals surface area contributed by atoms with Gasteiger partial charge in [0.2, 0.25) is 5.91 Å². The maximum Gasteiger partial charge on any atom is 0.225 e. The first-order valence-corrected chi connectivity index (χ1v) is 4.67. The normalized spacial score (nSPS) is 12.1. The fourth-order valence-electron chi connectivity index (χ4n) is 0.987. The van der Waals surface area contributed by atoms with Gasteiger partial charge >= 0.3 is 0 Å². The summed E-state index contributed by atoms with van der Waals surface area (Å²) in [5.74, 6) is 0.0350. The summed E-state index contributed by atoms with van der Waals surface area (Å²) >= 11 is 0. The van der Waals surface area contributed by atoms with Gasteiger partial charge in [-0.15, -0.1) is 0 Å². The molecular formula is C10H18N2O. The third kappa shape index (κ3) is 6.08. The maximum absolute atomic E-state index is 11.2. The minimum atomic E-state index is 0.0350. The largest absolute Gasteiger partial charge is 0.356 e. The van der Waals surface area contributed by atoms with Crippen molar-refractivity contribution in [3.63, 3.8) is 0 Å². The monoisotopic (exact) mass is 182 g/mol. The van der Waals surface area contributed by atoms with E-state index in [2.05, 4.69) is 10.3 Å². The third-order valence-electron chi connectivity index (χ3n) is 1.44. The van der Waals surface area contributed by atoms with E-state index in [0.29, 0.717) is 13.0 Å². The average molecular weight is 182 g/mol. The lowest BCUT2D eigenvalue weighted by molar-refractivity contribution is -0.119. The highest BCUT2D eigenvalue weighted by atomic mass is 16.1. The first kappa shape index (κ1) is 11.9. The Morgan fingerprint density at radius 3 is 2.62 bits per heavy atom. The number of hydrogen-bond donors (Lipinski definition) is 1. The highest BCUT2D eigenvalue weighted by Crippen LogP contribution is 1.91. The van der Waals surface area contributed by atoms with Crippen molar-refractivity contribution >= 4 is 11.6 Å². The summed E-state index contributed by atoms with van der Waals surface area (Å²) in [6, 6.07) is 0. The van der Waals surface area contributed by atoms with Crippen LogP contribution in [0.25, 0.3) is 0 Å². The molecule has 0 aromatic carbocycles. The summed E-state index contributed by atoms with van der Waals surface area (Å²) in [4.78, 5) is 15.4. The van der Waals surface area contributed by atoms with Crippen LogP contribution >= 0.6 is 0 Å². The van der Waals surface area contributed by atoms with Crippen molar-refractivity contribution in [2.24, 2.45) is 4.99 Å². The van der Waals surface area contributed by atoms with Gasteiger partial charge in [-0.2, -0.15) is 0 Å². The molecule has 0 heterocycles. The van der Waals surface area contributed by atoms with Crippen LogP contribution in [0.1, 0.15) is 27.2 Å². The molecular weight excluding hydrogens is 164 g/mol. The van der Waals surface area contributed by atoms with Crippen LogP contribution in [0.4, 0.5) is 0 Å². The van der Waals surface area contributed by atoms with Crippen LogP contribution in [0.3, 0.4) is 0 Å². The van der Waals surface area contributed by atoms with Crippen LogP contribution in [-0.2, 0) is 4.79 Å². The van der Waals surface area contributed by atoms with Crippen LogP contribution in [-0.4, -0.2) is 24.7 Å². The van der Waals surface area contributed by atoms with Gasteiger partial charge in [0.15, 0.2) is 0 Å². The molecule has 0 unspecified atom stereocenters. The van der Waals surface area contributed by atoms with Gasteiger partial charge in [-0.25, -0.2) is 0 Å². The topological polar surface area (TPSA) is 41.5 Å². The van der Waals surface area contributed by atoms with Crippen molar-refractivity contribution in [1.82, 2.24) is 5.32 Å². The fourth-order valence-corrected chi connectivity index (χ4v) is 0.987. The Bertz CT molecular complexity index is 207. The Hall–Kier alpha value is -1.12. The molecule has 0 saturated heterocycles. The molecule has 0 aromatic heterocycles. The number of amides is 1. The SMILES string of the molecule is C/C=C\C(CC(=O)NCC)=NCC. The second-order valence-corrected chi connectivity index (χ2v) is 2.60. The highest BCUT2D eigenvalue weighted by molar-refractivity contribution is 6.06. The Balaban J connectivity index is 4.10. The fraction of sp³-hybridized carbons (Fsp3) is 0.600. The minimum Gasteiger partial charge on any atom is -0.356 e. The molecule has 0 rings (SSSR count). The van der Waals surface area contributed by atoms with Crippen molar-refractivity contribution < 1.29 is 4.79 Å². The quantitative estimate of drug-likeness (QED) is 0.644. The molecule has 0 radical (unpaired) electrons. The Morgan fingerprint density at radius 1 is 1.46 bits per heavy atom. The number of rotatable bonds is 5. The summed E-state index contributed by atoms with van der Waals surface area (Å²) in [7, 11) is 0. The van der Waals surface area contributed by atoms with Crippen LogP contribution < -0.4 is 5.32 Å². The maximum atomic E-state index is 11.2. The van der Waals surface area contributed by atoms with E-state index < -0.39 is 0 Å². The van der Waals surface area contributed by atoms with Crippen LogP contribution in [0.5, 0.6) is 0 Å². The van der Waals surface area contributed by atoms with Gasteiger partial charge in [-0.1, -0.05) is 6.08 Å². The molecule has 13 heavy (non-hydrogen) atoms. The standard InChI is InChI=1S/C10H18N2O/c1-4-7-9(11-5-2)8-10(13)12-6-3/h4,7H,5-6,8H2,1-3H3,(H,12,13)/b7-4-,11-9?. The van der Waals surface area contributed by atoms with E-state index in [-0.39, 0.29) is 5.91 Å². The molecule has 0 fully saturated rings. The number of carbonyl (C=O) groups is 1. The van der Waals surface area contributed by atoms with Gasteiger partial charge in [0, 0.05) is 18.8 Å². The third-order valence-corrected chi connectivity index (χ3v) is 1.44. The zero-order chi connectivity index (χ0) is 10.1. The predicted octanol–water partition coefficient (Wildman–Crippen LogP) is 1.55. The molecule has 0 aliphatic carbocycles. The number of nitrogens with zero attached hydrogens (tertiary/aromatic N) is 1. The molecule has 0 aliphatic rings. The summed E-state index contributed by atoms with van der Waals surface area (Å²) < 4.78 is 0. The Morgan fingerprint density at radius 2 is 2.15 bits per heavy atom. The van der Waals surface area contributed by atoms with Crippen molar-refractivity contribution in [2.45, 2.75) is 27.2 Å². The summed E-state index contributed by atoms with van der Waals surface area (Å²) in [5.41, 5.74) is 0.843. The lowest BCUT2D eigenvalue weighted by Gasteiger charge is -2.01. The molecule has 0 saturated carbocycles. The molecule has 0 aromatic rings. The molecule has 0 spiro atoms. The summed E-state index contributed by atoms with van der Waals surface area (Å²) in [6.45, 7) is 7.18. The van der Waals surface area contributed by atoms with Crippen molar-refractivity contribution in [1.29, 1.82) is 0 Å². The van der Waals surface area contributed by atoms with E-state index in [1.54, 1.807) is 0 Å². The van der Waals surface area contributed by atoms with Crippen LogP contribution in [0.15, 0.2) is 17.1 Å². The van der Waals surface area contributed by atoms with Gasteiger partial charge in [0.05, 0.1) is 6.42 Å². The van der Waals surface area contributed by atoms with Crippen LogP contribution in [0.2, 0.25) is 0 Å². The lowest BCUT2D eigenvalue weighted by atomic mass is 10.2. The average Bonchev–Trinajstić information content (AvgIpc) is 2.05. The molecule has 74 valence electrons. The van der Waals surface area contributed by atoms with Crippen LogP contribution in [0, 0.1) is 0 Å². The zero-order valence-electron chi connectivity index (χ0n) is 8.63. The van der Waals surface area contributed by atoms with E-state index in [1.165, 1.54) is 0 Å². The highest BCUT2D eigenvalue weighted by Gasteiger charge is 2.02. The van der Waals surface area contributed by atoms with Crippen molar-refractivity contribution in [2.75, 3.05) is 13.1 Å². The van der Waals surface area contributed by atoms with E-state index >= 15 is 0 Å². The lowest BCUT2D eigenvalue weighted by Crippen LogP contribution is -2.24. The van der Waals surface area contributed by atoms with Crippen molar-refractivity contribution in [3.05, 3.63) is 12.2 Å². The molecule has 0 bridgehead atoms. The minimum absolute atomic E-state index is 0.0350. The van der Waals surface area contributed by atoms with Gasteiger partial charge in [0.25, 0.3) is 0 Å².